The average Bonchev–Trinajstić information content (AvgIpc) is 2.49. The Morgan fingerprint density at radius 2 is 1.95 bits per heavy atom. The Bertz CT molecular complexity index is 622. The Morgan fingerprint density at radius 3 is 2.71 bits per heavy atom. The maximum atomic E-state index is 9.47. The van der Waals surface area contributed by atoms with E-state index in [9.17, 15) is 5.11 Å². The monoisotopic (exact) mass is 284 g/mol. The fourth-order valence-corrected chi connectivity index (χ4v) is 2.81. The van der Waals surface area contributed by atoms with Crippen molar-refractivity contribution < 1.29 is 14.6 Å². The number of benzene rings is 2. The van der Waals surface area contributed by atoms with Crippen LogP contribution in [0.3, 0.4) is 0 Å². The lowest BCUT2D eigenvalue weighted by molar-refractivity contribution is 0.233. The van der Waals surface area contributed by atoms with Gasteiger partial charge in [0.25, 0.3) is 0 Å². The van der Waals surface area contributed by atoms with Crippen molar-refractivity contribution in [3.05, 3.63) is 59.2 Å². The maximum Gasteiger partial charge on any atom is 0.166 e. The normalized spacial score (nSPS) is 16.0. The summed E-state index contributed by atoms with van der Waals surface area (Å²) in [6.45, 7) is 3.10. The van der Waals surface area contributed by atoms with Crippen LogP contribution in [-0.4, -0.2) is 18.3 Å². The molecule has 2 aromatic carbocycles. The Hall–Kier alpha value is -2.00. The first-order valence-electron chi connectivity index (χ1n) is 7.39. The van der Waals surface area contributed by atoms with Gasteiger partial charge in [0.2, 0.25) is 0 Å². The molecule has 3 rings (SSSR count). The summed E-state index contributed by atoms with van der Waals surface area (Å²) in [6.07, 6.45) is 1.06. The molecule has 0 radical (unpaired) electrons. The van der Waals surface area contributed by atoms with Crippen LogP contribution < -0.4 is 9.47 Å². The molecule has 110 valence electrons. The first kappa shape index (κ1) is 14.0. The number of para-hydroxylation sites is 1. The van der Waals surface area contributed by atoms with E-state index in [0.29, 0.717) is 30.6 Å². The fourth-order valence-electron chi connectivity index (χ4n) is 2.81. The number of rotatable bonds is 6. The van der Waals surface area contributed by atoms with Gasteiger partial charge in [-0.3, -0.25) is 0 Å². The first-order valence-corrected chi connectivity index (χ1v) is 7.39. The fraction of sp³-hybridized carbons (Fsp3) is 0.333. The number of aliphatic hydroxyl groups is 1. The summed E-state index contributed by atoms with van der Waals surface area (Å²) in [5.41, 5.74) is 3.55. The summed E-state index contributed by atoms with van der Waals surface area (Å²) in [5.74, 6) is 1.81. The zero-order valence-corrected chi connectivity index (χ0v) is 12.2. The van der Waals surface area contributed by atoms with Crippen LogP contribution in [0.2, 0.25) is 0 Å². The van der Waals surface area contributed by atoms with Crippen LogP contribution in [0.1, 0.15) is 29.5 Å². The van der Waals surface area contributed by atoms with Crippen LogP contribution >= 0.6 is 0 Å². The van der Waals surface area contributed by atoms with Crippen LogP contribution in [0.4, 0.5) is 0 Å². The maximum absolute atomic E-state index is 9.47. The zero-order chi connectivity index (χ0) is 14.7. The molecule has 0 aliphatic heterocycles. The van der Waals surface area contributed by atoms with Crippen molar-refractivity contribution in [2.24, 2.45) is 0 Å². The molecule has 0 bridgehead atoms. The highest BCUT2D eigenvalue weighted by Gasteiger charge is 2.26. The van der Waals surface area contributed by atoms with Gasteiger partial charge in [-0.25, -0.2) is 0 Å². The molecule has 1 atom stereocenters. The van der Waals surface area contributed by atoms with Crippen molar-refractivity contribution in [3.63, 3.8) is 0 Å². The SMILES string of the molecule is CCOc1cccc(CO)c1OCC1Cc2ccccc21. The van der Waals surface area contributed by atoms with Gasteiger partial charge in [-0.1, -0.05) is 36.4 Å². The topological polar surface area (TPSA) is 38.7 Å². The minimum absolute atomic E-state index is 0.0441. The third-order valence-corrected chi connectivity index (χ3v) is 3.92. The summed E-state index contributed by atoms with van der Waals surface area (Å²) in [4.78, 5) is 0. The second-order valence-electron chi connectivity index (χ2n) is 5.25. The van der Waals surface area contributed by atoms with Crippen LogP contribution in [0, 0.1) is 0 Å². The number of aliphatic hydroxyl groups excluding tert-OH is 1. The molecule has 0 heterocycles. The highest BCUT2D eigenvalue weighted by atomic mass is 16.5. The standard InChI is InChI=1S/C18H20O3/c1-2-20-17-9-5-7-14(11-19)18(17)21-12-15-10-13-6-3-4-8-16(13)15/h3-9,15,19H,2,10-12H2,1H3. The number of fused-ring (bicyclic) bond motifs is 1. The van der Waals surface area contributed by atoms with Gasteiger partial charge in [-0.15, -0.1) is 0 Å². The largest absolute Gasteiger partial charge is 0.490 e. The van der Waals surface area contributed by atoms with Gasteiger partial charge in [0.15, 0.2) is 11.5 Å². The van der Waals surface area contributed by atoms with Crippen LogP contribution in [0.5, 0.6) is 11.5 Å². The first-order chi connectivity index (χ1) is 10.3. The molecule has 0 aromatic heterocycles. The van der Waals surface area contributed by atoms with Crippen molar-refractivity contribution >= 4 is 0 Å². The molecule has 3 nitrogen and oxygen atoms in total. The molecule has 0 saturated heterocycles. The molecule has 2 aromatic rings. The van der Waals surface area contributed by atoms with E-state index in [1.165, 1.54) is 11.1 Å². The summed E-state index contributed by atoms with van der Waals surface area (Å²) in [6, 6.07) is 14.1. The predicted molar refractivity (Wildman–Crippen MR) is 81.9 cm³/mol. The van der Waals surface area contributed by atoms with Crippen LogP contribution in [-0.2, 0) is 13.0 Å². The van der Waals surface area contributed by atoms with Gasteiger partial charge >= 0.3 is 0 Å². The van der Waals surface area contributed by atoms with Gasteiger partial charge in [0, 0.05) is 11.5 Å². The molecule has 1 N–H and O–H groups in total. The summed E-state index contributed by atoms with van der Waals surface area (Å²) in [7, 11) is 0. The highest BCUT2D eigenvalue weighted by molar-refractivity contribution is 5.47. The molecule has 3 heteroatoms. The molecule has 1 unspecified atom stereocenters. The van der Waals surface area contributed by atoms with E-state index in [1.807, 2.05) is 25.1 Å². The van der Waals surface area contributed by atoms with Gasteiger partial charge in [-0.05, 0) is 30.5 Å². The van der Waals surface area contributed by atoms with E-state index in [4.69, 9.17) is 9.47 Å². The quantitative estimate of drug-likeness (QED) is 0.884. The van der Waals surface area contributed by atoms with Gasteiger partial charge < -0.3 is 14.6 Å². The molecule has 1 aliphatic rings. The number of hydrogen-bond acceptors (Lipinski definition) is 3. The summed E-state index contributed by atoms with van der Waals surface area (Å²) >= 11 is 0. The van der Waals surface area contributed by atoms with Crippen molar-refractivity contribution in [2.45, 2.75) is 25.9 Å². The van der Waals surface area contributed by atoms with E-state index < -0.39 is 0 Å². The lowest BCUT2D eigenvalue weighted by Crippen LogP contribution is -2.23. The van der Waals surface area contributed by atoms with E-state index >= 15 is 0 Å². The second kappa shape index (κ2) is 6.19. The molecule has 0 spiro atoms. The lowest BCUT2D eigenvalue weighted by Gasteiger charge is -2.30. The molecular formula is C18H20O3. The Kier molecular flexibility index (Phi) is 4.11. The van der Waals surface area contributed by atoms with Crippen LogP contribution in [0.25, 0.3) is 0 Å². The number of ether oxygens (including phenoxy) is 2. The van der Waals surface area contributed by atoms with Crippen LogP contribution in [0.15, 0.2) is 42.5 Å². The number of hydrogen-bond donors (Lipinski definition) is 1. The molecule has 0 saturated carbocycles. The van der Waals surface area contributed by atoms with E-state index in [2.05, 4.69) is 24.3 Å². The molecule has 1 aliphatic carbocycles. The van der Waals surface area contributed by atoms with Crippen molar-refractivity contribution in [2.75, 3.05) is 13.2 Å². The zero-order valence-electron chi connectivity index (χ0n) is 12.2. The summed E-state index contributed by atoms with van der Waals surface area (Å²) < 4.78 is 11.6. The third-order valence-electron chi connectivity index (χ3n) is 3.92. The summed E-state index contributed by atoms with van der Waals surface area (Å²) in [5, 5.41) is 9.47. The Balaban J connectivity index is 1.73. The van der Waals surface area contributed by atoms with Crippen molar-refractivity contribution in [1.82, 2.24) is 0 Å². The van der Waals surface area contributed by atoms with E-state index in [1.54, 1.807) is 0 Å². The predicted octanol–water partition coefficient (Wildman–Crippen LogP) is 3.30. The Labute approximate surface area is 125 Å². The van der Waals surface area contributed by atoms with Gasteiger partial charge in [0.1, 0.15) is 0 Å². The van der Waals surface area contributed by atoms with Crippen molar-refractivity contribution in [1.29, 1.82) is 0 Å². The molecular weight excluding hydrogens is 264 g/mol. The van der Waals surface area contributed by atoms with Gasteiger partial charge in [-0.2, -0.15) is 0 Å². The minimum atomic E-state index is -0.0441. The molecule has 21 heavy (non-hydrogen) atoms. The van der Waals surface area contributed by atoms with E-state index in [-0.39, 0.29) is 6.61 Å². The minimum Gasteiger partial charge on any atom is -0.490 e. The Morgan fingerprint density at radius 1 is 1.10 bits per heavy atom. The lowest BCUT2D eigenvalue weighted by atomic mass is 9.78. The van der Waals surface area contributed by atoms with Gasteiger partial charge in [0.05, 0.1) is 19.8 Å². The van der Waals surface area contributed by atoms with E-state index in [0.717, 1.165) is 12.0 Å². The third kappa shape index (κ3) is 2.74. The molecule has 0 amide bonds. The van der Waals surface area contributed by atoms with Crippen molar-refractivity contribution in [3.8, 4) is 11.5 Å². The smallest absolute Gasteiger partial charge is 0.166 e. The average molecular weight is 284 g/mol. The molecule has 0 fully saturated rings. The second-order valence-corrected chi connectivity index (χ2v) is 5.25. The highest BCUT2D eigenvalue weighted by Crippen LogP contribution is 2.37.